The van der Waals surface area contributed by atoms with Gasteiger partial charge in [-0.3, -0.25) is 14.3 Å². The number of amides is 1. The van der Waals surface area contributed by atoms with Gasteiger partial charge < -0.3 is 10.2 Å². The Labute approximate surface area is 204 Å². The molecule has 0 aliphatic rings. The molecule has 1 amide bonds. The second-order valence-corrected chi connectivity index (χ2v) is 8.86. The van der Waals surface area contributed by atoms with Crippen LogP contribution in [0.1, 0.15) is 12.0 Å². The number of carbonyl (C=O) groups is 1. The van der Waals surface area contributed by atoms with Crippen LogP contribution in [0.25, 0.3) is 17.1 Å². The van der Waals surface area contributed by atoms with E-state index in [9.17, 15) is 4.79 Å². The minimum atomic E-state index is -0.0165. The molecule has 174 valence electrons. The molecule has 0 aliphatic carbocycles. The molecule has 2 heterocycles. The lowest BCUT2D eigenvalue weighted by Gasteiger charge is -2.19. The van der Waals surface area contributed by atoms with E-state index in [2.05, 4.69) is 57.6 Å². The smallest absolute Gasteiger partial charge is 0.230 e. The number of hydrogen-bond acceptors (Lipinski definition) is 6. The summed E-state index contributed by atoms with van der Waals surface area (Å²) < 4.78 is 2.01. The summed E-state index contributed by atoms with van der Waals surface area (Å²) in [6, 6.07) is 22.1. The van der Waals surface area contributed by atoms with Crippen LogP contribution in [-0.2, 0) is 4.79 Å². The van der Waals surface area contributed by atoms with Gasteiger partial charge in [-0.2, -0.15) is 0 Å². The average Bonchev–Trinajstić information content (AvgIpc) is 3.30. The maximum Gasteiger partial charge on any atom is 0.230 e. The number of pyridine rings is 1. The molecular formula is C26H28N6OS. The number of carbonyl (C=O) groups excluding carboxylic acids is 1. The zero-order chi connectivity index (χ0) is 23.8. The van der Waals surface area contributed by atoms with Gasteiger partial charge in [0.25, 0.3) is 0 Å². The molecular weight excluding hydrogens is 444 g/mol. The Morgan fingerprint density at radius 3 is 2.50 bits per heavy atom. The van der Waals surface area contributed by atoms with E-state index in [-0.39, 0.29) is 11.7 Å². The fourth-order valence-electron chi connectivity index (χ4n) is 3.62. The van der Waals surface area contributed by atoms with Gasteiger partial charge in [0.2, 0.25) is 5.91 Å². The molecule has 0 saturated heterocycles. The summed E-state index contributed by atoms with van der Waals surface area (Å²) in [4.78, 5) is 18.8. The maximum absolute atomic E-state index is 12.5. The Morgan fingerprint density at radius 2 is 1.74 bits per heavy atom. The molecule has 34 heavy (non-hydrogen) atoms. The van der Waals surface area contributed by atoms with E-state index >= 15 is 0 Å². The molecule has 4 rings (SSSR count). The van der Waals surface area contributed by atoms with Gasteiger partial charge in [-0.15, -0.1) is 10.2 Å². The van der Waals surface area contributed by atoms with Gasteiger partial charge in [0.15, 0.2) is 11.0 Å². The number of nitrogens with zero attached hydrogens (tertiary/aromatic N) is 5. The highest BCUT2D eigenvalue weighted by Crippen LogP contribution is 2.29. The molecule has 0 spiro atoms. The Hall–Kier alpha value is -3.65. The monoisotopic (exact) mass is 472 g/mol. The summed E-state index contributed by atoms with van der Waals surface area (Å²) in [5.41, 5.74) is 4.19. The van der Waals surface area contributed by atoms with Gasteiger partial charge in [-0.25, -0.2) is 0 Å². The summed E-state index contributed by atoms with van der Waals surface area (Å²) in [7, 11) is 2.06. The first-order chi connectivity index (χ1) is 16.6. The number of nitrogens with one attached hydrogen (secondary N) is 1. The first kappa shape index (κ1) is 23.5. The Morgan fingerprint density at radius 1 is 1.00 bits per heavy atom. The lowest BCUT2D eigenvalue weighted by molar-refractivity contribution is -0.118. The second-order valence-electron chi connectivity index (χ2n) is 7.91. The lowest BCUT2D eigenvalue weighted by atomic mass is 10.2. The normalized spacial score (nSPS) is 10.8. The molecule has 2 aromatic heterocycles. The van der Waals surface area contributed by atoms with E-state index in [4.69, 9.17) is 0 Å². The van der Waals surface area contributed by atoms with Crippen molar-refractivity contribution >= 4 is 23.4 Å². The van der Waals surface area contributed by atoms with Crippen LogP contribution in [0.4, 0.5) is 5.69 Å². The Balaban J connectivity index is 1.38. The zero-order valence-electron chi connectivity index (χ0n) is 19.4. The molecule has 0 atom stereocenters. The van der Waals surface area contributed by atoms with Crippen LogP contribution in [0.2, 0.25) is 0 Å². The SMILES string of the molecule is Cc1ccccc1-n1c(SCC(=O)NCCCN(C)c2ccccc2)nnc1-c1ccncc1. The van der Waals surface area contributed by atoms with Gasteiger partial charge >= 0.3 is 0 Å². The summed E-state index contributed by atoms with van der Waals surface area (Å²) in [5.74, 6) is 0.982. The van der Waals surface area contributed by atoms with Gasteiger partial charge in [0.1, 0.15) is 0 Å². The van der Waals surface area contributed by atoms with Crippen molar-refractivity contribution in [3.63, 3.8) is 0 Å². The number of thioether (sulfide) groups is 1. The fraction of sp³-hybridized carbons (Fsp3) is 0.231. The lowest BCUT2D eigenvalue weighted by Crippen LogP contribution is -2.29. The van der Waals surface area contributed by atoms with Gasteiger partial charge in [-0.1, -0.05) is 48.2 Å². The summed E-state index contributed by atoms with van der Waals surface area (Å²) >= 11 is 1.39. The first-order valence-electron chi connectivity index (χ1n) is 11.2. The highest BCUT2D eigenvalue weighted by Gasteiger charge is 2.18. The molecule has 0 radical (unpaired) electrons. The highest BCUT2D eigenvalue weighted by atomic mass is 32.2. The Kier molecular flexibility index (Phi) is 7.93. The maximum atomic E-state index is 12.5. The number of aromatic nitrogens is 4. The second kappa shape index (κ2) is 11.5. The molecule has 7 nitrogen and oxygen atoms in total. The average molecular weight is 473 g/mol. The third kappa shape index (κ3) is 5.82. The summed E-state index contributed by atoms with van der Waals surface area (Å²) in [6.45, 7) is 3.55. The zero-order valence-corrected chi connectivity index (χ0v) is 20.2. The standard InChI is InChI=1S/C26H28N6OS/c1-20-9-6-7-12-23(20)32-25(21-13-16-27-17-14-21)29-30-26(32)34-19-24(33)28-15-8-18-31(2)22-10-4-3-5-11-22/h3-7,9-14,16-17H,8,15,18-19H2,1-2H3,(H,28,33). The predicted molar refractivity (Wildman–Crippen MR) is 137 cm³/mol. The highest BCUT2D eigenvalue weighted by molar-refractivity contribution is 7.99. The fourth-order valence-corrected chi connectivity index (χ4v) is 4.39. The largest absolute Gasteiger partial charge is 0.375 e. The van der Waals surface area contributed by atoms with E-state index < -0.39 is 0 Å². The molecule has 8 heteroatoms. The van der Waals surface area contributed by atoms with Crippen LogP contribution in [0.3, 0.4) is 0 Å². The number of anilines is 1. The van der Waals surface area contributed by atoms with E-state index in [0.29, 0.717) is 11.7 Å². The van der Waals surface area contributed by atoms with Crippen LogP contribution < -0.4 is 10.2 Å². The van der Waals surface area contributed by atoms with Crippen molar-refractivity contribution in [3.05, 3.63) is 84.7 Å². The first-order valence-corrected chi connectivity index (χ1v) is 12.2. The molecule has 0 unspecified atom stereocenters. The third-order valence-electron chi connectivity index (χ3n) is 5.45. The van der Waals surface area contributed by atoms with Crippen LogP contribution in [-0.4, -0.2) is 51.5 Å². The van der Waals surface area contributed by atoms with Crippen LogP contribution in [0.5, 0.6) is 0 Å². The molecule has 0 bridgehead atoms. The number of benzene rings is 2. The minimum Gasteiger partial charge on any atom is -0.375 e. The van der Waals surface area contributed by atoms with Crippen molar-refractivity contribution in [3.8, 4) is 17.1 Å². The Bertz CT molecular complexity index is 1210. The van der Waals surface area contributed by atoms with Crippen molar-refractivity contribution in [2.24, 2.45) is 0 Å². The minimum absolute atomic E-state index is 0.0165. The van der Waals surface area contributed by atoms with E-state index in [1.54, 1.807) is 12.4 Å². The topological polar surface area (TPSA) is 75.9 Å². The molecule has 2 aromatic carbocycles. The van der Waals surface area contributed by atoms with Crippen LogP contribution in [0, 0.1) is 6.92 Å². The van der Waals surface area contributed by atoms with Crippen LogP contribution in [0.15, 0.2) is 84.3 Å². The molecule has 0 saturated carbocycles. The number of para-hydroxylation sites is 2. The number of rotatable bonds is 10. The predicted octanol–water partition coefficient (Wildman–Crippen LogP) is 4.37. The molecule has 1 N–H and O–H groups in total. The number of hydrogen-bond donors (Lipinski definition) is 1. The number of aryl methyl sites for hydroxylation is 1. The molecule has 0 aliphatic heterocycles. The molecule has 0 fully saturated rings. The third-order valence-corrected chi connectivity index (χ3v) is 6.38. The summed E-state index contributed by atoms with van der Waals surface area (Å²) in [6.07, 6.45) is 4.34. The van der Waals surface area contributed by atoms with Gasteiger partial charge in [0, 0.05) is 43.8 Å². The van der Waals surface area contributed by atoms with Crippen LogP contribution >= 0.6 is 11.8 Å². The van der Waals surface area contributed by atoms with E-state index in [1.807, 2.05) is 53.1 Å². The quantitative estimate of drug-likeness (QED) is 0.273. The van der Waals surface area contributed by atoms with Gasteiger partial charge in [-0.05, 0) is 49.2 Å². The summed E-state index contributed by atoms with van der Waals surface area (Å²) in [5, 5.41) is 12.5. The van der Waals surface area contributed by atoms with E-state index in [1.165, 1.54) is 17.4 Å². The van der Waals surface area contributed by atoms with Crippen molar-refractivity contribution < 1.29 is 4.79 Å². The van der Waals surface area contributed by atoms with Crippen molar-refractivity contribution in [2.45, 2.75) is 18.5 Å². The van der Waals surface area contributed by atoms with E-state index in [0.717, 1.165) is 35.6 Å². The van der Waals surface area contributed by atoms with Crippen molar-refractivity contribution in [1.82, 2.24) is 25.1 Å². The van der Waals surface area contributed by atoms with Gasteiger partial charge in [0.05, 0.1) is 11.4 Å². The van der Waals surface area contributed by atoms with Crippen molar-refractivity contribution in [2.75, 3.05) is 30.8 Å². The van der Waals surface area contributed by atoms with Crippen molar-refractivity contribution in [1.29, 1.82) is 0 Å². The molecule has 4 aromatic rings.